The van der Waals surface area contributed by atoms with Gasteiger partial charge in [-0.1, -0.05) is 29.8 Å². The zero-order valence-corrected chi connectivity index (χ0v) is 20.6. The van der Waals surface area contributed by atoms with E-state index in [0.29, 0.717) is 23.1 Å². The maximum atomic E-state index is 12.8. The third-order valence-electron chi connectivity index (χ3n) is 5.39. The van der Waals surface area contributed by atoms with Gasteiger partial charge in [0.15, 0.2) is 0 Å². The quantitative estimate of drug-likeness (QED) is 0.282. The van der Waals surface area contributed by atoms with E-state index in [9.17, 15) is 8.42 Å². The highest BCUT2D eigenvalue weighted by molar-refractivity contribution is 7.92. The number of nitrogens with zero attached hydrogens (tertiary/aromatic N) is 2. The third-order valence-corrected chi connectivity index (χ3v) is 7.67. The molecule has 0 saturated heterocycles. The number of anilines is 1. The predicted molar refractivity (Wildman–Crippen MR) is 138 cm³/mol. The van der Waals surface area contributed by atoms with Crippen molar-refractivity contribution in [2.75, 3.05) is 11.8 Å². The molecule has 0 aliphatic carbocycles. The number of thiophene rings is 1. The van der Waals surface area contributed by atoms with E-state index in [1.165, 1.54) is 35.4 Å². The summed E-state index contributed by atoms with van der Waals surface area (Å²) in [7, 11) is -2.21. The third kappa shape index (κ3) is 4.82. The molecular formula is C26H21N3O4S2. The Balaban J connectivity index is 1.40. The van der Waals surface area contributed by atoms with Crippen LogP contribution in [0.15, 0.2) is 89.4 Å². The van der Waals surface area contributed by atoms with Crippen LogP contribution in [0.25, 0.3) is 21.3 Å². The predicted octanol–water partition coefficient (Wildman–Crippen LogP) is 6.27. The molecule has 3 aromatic carbocycles. The summed E-state index contributed by atoms with van der Waals surface area (Å²) in [6.07, 6.45) is 1.46. The Morgan fingerprint density at radius 1 is 0.857 bits per heavy atom. The fraction of sp³-hybridized carbons (Fsp3) is 0.0769. The molecule has 0 spiro atoms. The van der Waals surface area contributed by atoms with Crippen LogP contribution in [0.5, 0.6) is 17.4 Å². The number of aromatic nitrogens is 2. The minimum Gasteiger partial charge on any atom is -0.497 e. The molecular weight excluding hydrogens is 482 g/mol. The van der Waals surface area contributed by atoms with Crippen molar-refractivity contribution in [3.63, 3.8) is 0 Å². The van der Waals surface area contributed by atoms with E-state index in [2.05, 4.69) is 39.0 Å². The van der Waals surface area contributed by atoms with Crippen LogP contribution < -0.4 is 14.2 Å². The fourth-order valence-corrected chi connectivity index (χ4v) is 5.51. The number of methoxy groups -OCH3 is 1. The van der Waals surface area contributed by atoms with Crippen LogP contribution >= 0.6 is 11.3 Å². The lowest BCUT2D eigenvalue weighted by Crippen LogP contribution is -2.12. The molecule has 2 heterocycles. The molecule has 0 aliphatic heterocycles. The van der Waals surface area contributed by atoms with Crippen molar-refractivity contribution in [1.82, 2.24) is 9.97 Å². The molecule has 0 bridgehead atoms. The number of ether oxygens (including phenoxy) is 2. The topological polar surface area (TPSA) is 90.4 Å². The molecule has 0 radical (unpaired) electrons. The van der Waals surface area contributed by atoms with Gasteiger partial charge < -0.3 is 9.47 Å². The summed E-state index contributed by atoms with van der Waals surface area (Å²) in [6.45, 7) is 2.05. The van der Waals surface area contributed by atoms with Gasteiger partial charge >= 0.3 is 0 Å². The second-order valence-electron chi connectivity index (χ2n) is 7.78. The molecule has 176 valence electrons. The van der Waals surface area contributed by atoms with E-state index >= 15 is 0 Å². The Kier molecular flexibility index (Phi) is 6.10. The van der Waals surface area contributed by atoms with Gasteiger partial charge in [0.2, 0.25) is 5.88 Å². The van der Waals surface area contributed by atoms with Crippen LogP contribution in [-0.2, 0) is 10.0 Å². The van der Waals surface area contributed by atoms with Crippen molar-refractivity contribution in [2.24, 2.45) is 0 Å². The van der Waals surface area contributed by atoms with Gasteiger partial charge in [-0.25, -0.2) is 18.4 Å². The molecule has 5 aromatic rings. The monoisotopic (exact) mass is 503 g/mol. The molecule has 0 unspecified atom stereocenters. The molecule has 0 fully saturated rings. The van der Waals surface area contributed by atoms with Gasteiger partial charge in [-0.2, -0.15) is 0 Å². The van der Waals surface area contributed by atoms with Gasteiger partial charge in [0.25, 0.3) is 10.0 Å². The average molecular weight is 504 g/mol. The van der Waals surface area contributed by atoms with Crippen LogP contribution in [0.4, 0.5) is 5.69 Å². The molecule has 7 nitrogen and oxygen atoms in total. The maximum Gasteiger partial charge on any atom is 0.261 e. The van der Waals surface area contributed by atoms with E-state index in [1.54, 1.807) is 43.5 Å². The van der Waals surface area contributed by atoms with Gasteiger partial charge in [-0.3, -0.25) is 4.72 Å². The molecule has 0 amide bonds. The summed E-state index contributed by atoms with van der Waals surface area (Å²) in [5, 5.41) is 2.86. The Morgan fingerprint density at radius 3 is 2.23 bits per heavy atom. The van der Waals surface area contributed by atoms with Crippen LogP contribution in [0, 0.1) is 6.92 Å². The fourth-order valence-electron chi connectivity index (χ4n) is 3.54. The summed E-state index contributed by atoms with van der Waals surface area (Å²) >= 11 is 1.52. The van der Waals surface area contributed by atoms with E-state index in [4.69, 9.17) is 9.47 Å². The minimum absolute atomic E-state index is 0.115. The lowest BCUT2D eigenvalue weighted by molar-refractivity contribution is 0.415. The number of sulfonamides is 1. The second-order valence-corrected chi connectivity index (χ2v) is 10.3. The van der Waals surface area contributed by atoms with Gasteiger partial charge in [-0.05, 0) is 61.0 Å². The molecule has 5 rings (SSSR count). The first-order chi connectivity index (χ1) is 16.9. The van der Waals surface area contributed by atoms with Crippen molar-refractivity contribution in [3.8, 4) is 28.5 Å². The van der Waals surface area contributed by atoms with Crippen LogP contribution in [0.2, 0.25) is 0 Å². The summed E-state index contributed by atoms with van der Waals surface area (Å²) < 4.78 is 39.3. The van der Waals surface area contributed by atoms with Crippen molar-refractivity contribution in [1.29, 1.82) is 0 Å². The average Bonchev–Trinajstić information content (AvgIpc) is 3.30. The summed E-state index contributed by atoms with van der Waals surface area (Å²) in [4.78, 5) is 9.66. The van der Waals surface area contributed by atoms with Crippen LogP contribution in [-0.4, -0.2) is 25.5 Å². The van der Waals surface area contributed by atoms with Crippen molar-refractivity contribution in [3.05, 3.63) is 90.1 Å². The highest BCUT2D eigenvalue weighted by Gasteiger charge is 2.17. The zero-order valence-electron chi connectivity index (χ0n) is 18.9. The first-order valence-corrected chi connectivity index (χ1v) is 13.0. The maximum absolute atomic E-state index is 12.8. The number of hydrogen-bond acceptors (Lipinski definition) is 7. The van der Waals surface area contributed by atoms with Gasteiger partial charge in [0.05, 0.1) is 17.4 Å². The molecule has 2 aromatic heterocycles. The minimum atomic E-state index is -3.76. The molecule has 0 aliphatic rings. The van der Waals surface area contributed by atoms with E-state index in [0.717, 1.165) is 21.3 Å². The smallest absolute Gasteiger partial charge is 0.261 e. The molecule has 0 saturated carbocycles. The first kappa shape index (κ1) is 22.8. The van der Waals surface area contributed by atoms with E-state index in [1.807, 2.05) is 12.3 Å². The highest BCUT2D eigenvalue weighted by atomic mass is 32.2. The van der Waals surface area contributed by atoms with E-state index in [-0.39, 0.29) is 4.90 Å². The van der Waals surface area contributed by atoms with Crippen molar-refractivity contribution >= 4 is 37.3 Å². The highest BCUT2D eigenvalue weighted by Crippen LogP contribution is 2.39. The number of nitrogens with one attached hydrogen (secondary N) is 1. The Bertz CT molecular complexity index is 1580. The lowest BCUT2D eigenvalue weighted by atomic mass is 10.0. The molecule has 1 N–H and O–H groups in total. The van der Waals surface area contributed by atoms with Gasteiger partial charge in [-0.15, -0.1) is 11.3 Å². The normalized spacial score (nSPS) is 11.4. The van der Waals surface area contributed by atoms with Gasteiger partial charge in [0.1, 0.15) is 22.7 Å². The molecule has 0 atom stereocenters. The zero-order chi connectivity index (χ0) is 24.4. The van der Waals surface area contributed by atoms with Crippen molar-refractivity contribution in [2.45, 2.75) is 11.8 Å². The summed E-state index contributed by atoms with van der Waals surface area (Å²) in [5.74, 6) is 1.53. The second kappa shape index (κ2) is 9.36. The Morgan fingerprint density at radius 2 is 1.54 bits per heavy atom. The number of hydrogen-bond donors (Lipinski definition) is 1. The number of fused-ring (bicyclic) bond motifs is 1. The first-order valence-electron chi connectivity index (χ1n) is 10.7. The number of benzene rings is 3. The number of rotatable bonds is 7. The van der Waals surface area contributed by atoms with Gasteiger partial charge in [0, 0.05) is 16.6 Å². The molecule has 9 heteroatoms. The SMILES string of the molecule is COc1ccc(NS(=O)(=O)c2ccc(Oc3ncnc4scc(-c5ccc(C)cc5)c34)cc2)cc1. The molecule has 35 heavy (non-hydrogen) atoms. The van der Waals surface area contributed by atoms with Crippen LogP contribution in [0.3, 0.4) is 0 Å². The lowest BCUT2D eigenvalue weighted by Gasteiger charge is -2.10. The standard InChI is InChI=1S/C26H21N3O4S2/c1-17-3-5-18(6-4-17)23-15-34-26-24(23)25(27-16-28-26)33-21-11-13-22(14-12-21)35(30,31)29-19-7-9-20(32-2)10-8-19/h3-16,29H,1-2H3. The Labute approximate surface area is 207 Å². The number of aryl methyl sites for hydroxylation is 1. The summed E-state index contributed by atoms with van der Waals surface area (Å²) in [6, 6.07) is 21.1. The van der Waals surface area contributed by atoms with Crippen molar-refractivity contribution < 1.29 is 17.9 Å². The largest absolute Gasteiger partial charge is 0.497 e. The Hall–Kier alpha value is -3.95. The van der Waals surface area contributed by atoms with Crippen LogP contribution in [0.1, 0.15) is 5.56 Å². The van der Waals surface area contributed by atoms with E-state index < -0.39 is 10.0 Å². The summed E-state index contributed by atoms with van der Waals surface area (Å²) in [5.41, 5.74) is 3.66.